The van der Waals surface area contributed by atoms with Crippen LogP contribution in [0.3, 0.4) is 0 Å². The van der Waals surface area contributed by atoms with Gasteiger partial charge >= 0.3 is 6.09 Å². The van der Waals surface area contributed by atoms with Crippen LogP contribution in [0.15, 0.2) is 24.3 Å². The van der Waals surface area contributed by atoms with E-state index in [9.17, 15) is 19.5 Å². The molecule has 0 saturated heterocycles. The highest BCUT2D eigenvalue weighted by Crippen LogP contribution is 2.35. The van der Waals surface area contributed by atoms with E-state index in [2.05, 4.69) is 10.6 Å². The molecular formula is C26H41N3O5. The van der Waals surface area contributed by atoms with Crippen molar-refractivity contribution < 1.29 is 24.2 Å². The minimum absolute atomic E-state index is 0.0251. The molecule has 0 aliphatic heterocycles. The molecule has 0 heterocycles. The Kier molecular flexibility index (Phi) is 9.77. The van der Waals surface area contributed by atoms with E-state index in [-0.39, 0.29) is 29.5 Å². The number of phenols is 1. The molecule has 190 valence electrons. The zero-order chi connectivity index (χ0) is 25.5. The summed E-state index contributed by atoms with van der Waals surface area (Å²) in [5, 5.41) is 15.8. The number of alkyl carbamates (subject to hydrolysis) is 1. The first-order valence-electron chi connectivity index (χ1n) is 12.3. The quantitative estimate of drug-likeness (QED) is 0.438. The second-order valence-corrected chi connectivity index (χ2v) is 10.3. The van der Waals surface area contributed by atoms with Crippen LogP contribution < -0.4 is 10.6 Å². The Hall–Kier alpha value is -2.77. The number of rotatable bonds is 10. The number of carbonyl (C=O) groups excluding carboxylic acids is 3. The Balaban J connectivity index is 2.43. The van der Waals surface area contributed by atoms with Crippen LogP contribution >= 0.6 is 0 Å². The normalized spacial score (nSPS) is 15.7. The topological polar surface area (TPSA) is 108 Å². The minimum Gasteiger partial charge on any atom is -0.508 e. The van der Waals surface area contributed by atoms with E-state index in [1.165, 1.54) is 12.1 Å². The predicted octanol–water partition coefficient (Wildman–Crippen LogP) is 4.28. The Morgan fingerprint density at radius 2 is 1.88 bits per heavy atom. The number of hydrogen-bond donors (Lipinski definition) is 3. The van der Waals surface area contributed by atoms with Gasteiger partial charge in [0.15, 0.2) is 0 Å². The largest absolute Gasteiger partial charge is 0.508 e. The third-order valence-corrected chi connectivity index (χ3v) is 5.87. The highest BCUT2D eigenvalue weighted by atomic mass is 16.6. The molecule has 1 fully saturated rings. The molecule has 1 aromatic rings. The summed E-state index contributed by atoms with van der Waals surface area (Å²) < 4.78 is 5.39. The first kappa shape index (κ1) is 27.5. The van der Waals surface area contributed by atoms with Crippen LogP contribution in [0.1, 0.15) is 85.3 Å². The monoisotopic (exact) mass is 475 g/mol. The average Bonchev–Trinajstić information content (AvgIpc) is 2.68. The van der Waals surface area contributed by atoms with Crippen molar-refractivity contribution in [1.82, 2.24) is 15.5 Å². The Morgan fingerprint density at radius 3 is 2.38 bits per heavy atom. The van der Waals surface area contributed by atoms with Crippen LogP contribution in [-0.4, -0.2) is 52.1 Å². The summed E-state index contributed by atoms with van der Waals surface area (Å²) in [6, 6.07) is 4.56. The van der Waals surface area contributed by atoms with Crippen molar-refractivity contribution in [1.29, 1.82) is 0 Å². The fourth-order valence-corrected chi connectivity index (χ4v) is 3.91. The van der Waals surface area contributed by atoms with Crippen LogP contribution in [0.25, 0.3) is 0 Å². The van der Waals surface area contributed by atoms with Crippen molar-refractivity contribution in [2.24, 2.45) is 5.92 Å². The third-order valence-electron chi connectivity index (χ3n) is 5.87. The third kappa shape index (κ3) is 7.64. The second-order valence-electron chi connectivity index (χ2n) is 10.3. The molecule has 3 N–H and O–H groups in total. The molecule has 3 amide bonds. The van der Waals surface area contributed by atoms with Gasteiger partial charge in [0.1, 0.15) is 23.4 Å². The second kappa shape index (κ2) is 12.1. The standard InChI is InChI=1S/C26H41N3O5/c1-7-8-15-27-23(31)22(18-11-9-14-20(30)16-18)29(19-12-10-13-19)24(32)21(17(2)3)28-25(33)34-26(4,5)6/h9,11,14,16-17,19,21-22,30H,7-8,10,12-13,15H2,1-6H3,(H,27,31)(H,28,33). The number of phenolic OH excluding ortho intramolecular Hbond substituents is 1. The lowest BCUT2D eigenvalue weighted by atomic mass is 9.87. The van der Waals surface area contributed by atoms with E-state index in [0.29, 0.717) is 12.1 Å². The van der Waals surface area contributed by atoms with Crippen LogP contribution in [0.5, 0.6) is 5.75 Å². The minimum atomic E-state index is -0.913. The maximum Gasteiger partial charge on any atom is 0.408 e. The smallest absolute Gasteiger partial charge is 0.408 e. The molecule has 1 aliphatic carbocycles. The number of aromatic hydroxyl groups is 1. The molecular weight excluding hydrogens is 434 g/mol. The lowest BCUT2D eigenvalue weighted by Gasteiger charge is -2.44. The van der Waals surface area contributed by atoms with Crippen LogP contribution in [-0.2, 0) is 14.3 Å². The molecule has 2 unspecified atom stereocenters. The molecule has 1 aliphatic rings. The number of nitrogens with zero attached hydrogens (tertiary/aromatic N) is 1. The first-order chi connectivity index (χ1) is 15.9. The van der Waals surface area contributed by atoms with Crippen molar-refractivity contribution in [2.75, 3.05) is 6.54 Å². The van der Waals surface area contributed by atoms with Gasteiger partial charge in [-0.1, -0.05) is 39.3 Å². The molecule has 0 aromatic heterocycles. The van der Waals surface area contributed by atoms with Gasteiger partial charge in [-0.05, 0) is 70.1 Å². The first-order valence-corrected chi connectivity index (χ1v) is 12.3. The molecule has 8 nitrogen and oxygen atoms in total. The summed E-state index contributed by atoms with van der Waals surface area (Å²) in [5.41, 5.74) is -0.167. The number of unbranched alkanes of at least 4 members (excludes halogenated alkanes) is 1. The summed E-state index contributed by atoms with van der Waals surface area (Å²) in [6.07, 6.45) is 3.60. The molecule has 0 radical (unpaired) electrons. The van der Waals surface area contributed by atoms with Gasteiger partial charge in [-0.2, -0.15) is 0 Å². The number of hydrogen-bond acceptors (Lipinski definition) is 5. The molecule has 2 rings (SSSR count). The highest BCUT2D eigenvalue weighted by Gasteiger charge is 2.42. The van der Waals surface area contributed by atoms with Gasteiger partial charge in [0, 0.05) is 12.6 Å². The van der Waals surface area contributed by atoms with Gasteiger partial charge in [0.05, 0.1) is 0 Å². The van der Waals surface area contributed by atoms with Crippen molar-refractivity contribution in [2.45, 2.75) is 97.4 Å². The molecule has 1 aromatic carbocycles. The number of carbonyl (C=O) groups is 3. The Morgan fingerprint density at radius 1 is 1.21 bits per heavy atom. The van der Waals surface area contributed by atoms with E-state index < -0.39 is 23.8 Å². The van der Waals surface area contributed by atoms with Crippen molar-refractivity contribution in [3.8, 4) is 5.75 Å². The summed E-state index contributed by atoms with van der Waals surface area (Å²) in [6.45, 7) is 11.5. The van der Waals surface area contributed by atoms with E-state index in [1.807, 2.05) is 20.8 Å². The van der Waals surface area contributed by atoms with E-state index >= 15 is 0 Å². The molecule has 0 spiro atoms. The summed E-state index contributed by atoms with van der Waals surface area (Å²) >= 11 is 0. The molecule has 8 heteroatoms. The van der Waals surface area contributed by atoms with E-state index in [0.717, 1.165) is 32.1 Å². The maximum atomic E-state index is 14.0. The molecule has 1 saturated carbocycles. The number of amides is 3. The number of benzene rings is 1. The van der Waals surface area contributed by atoms with Gasteiger partial charge in [-0.15, -0.1) is 0 Å². The fourth-order valence-electron chi connectivity index (χ4n) is 3.91. The zero-order valence-electron chi connectivity index (χ0n) is 21.4. The molecule has 34 heavy (non-hydrogen) atoms. The predicted molar refractivity (Wildman–Crippen MR) is 131 cm³/mol. The van der Waals surface area contributed by atoms with Crippen LogP contribution in [0, 0.1) is 5.92 Å². The van der Waals surface area contributed by atoms with E-state index in [4.69, 9.17) is 4.74 Å². The van der Waals surface area contributed by atoms with Crippen molar-refractivity contribution in [3.63, 3.8) is 0 Å². The van der Waals surface area contributed by atoms with Gasteiger partial charge in [-0.3, -0.25) is 9.59 Å². The van der Waals surface area contributed by atoms with Crippen molar-refractivity contribution in [3.05, 3.63) is 29.8 Å². The SMILES string of the molecule is CCCCNC(=O)C(c1cccc(O)c1)N(C(=O)C(NC(=O)OC(C)(C)C)C(C)C)C1CCC1. The van der Waals surface area contributed by atoms with Gasteiger partial charge in [-0.25, -0.2) is 4.79 Å². The average molecular weight is 476 g/mol. The maximum absolute atomic E-state index is 14.0. The Bertz CT molecular complexity index is 845. The van der Waals surface area contributed by atoms with Gasteiger partial charge in [0.2, 0.25) is 11.8 Å². The zero-order valence-corrected chi connectivity index (χ0v) is 21.4. The highest BCUT2D eigenvalue weighted by molar-refractivity contribution is 5.92. The Labute approximate surface area is 203 Å². The van der Waals surface area contributed by atoms with Crippen LogP contribution in [0.4, 0.5) is 4.79 Å². The fraction of sp³-hybridized carbons (Fsp3) is 0.654. The molecule has 2 atom stereocenters. The van der Waals surface area contributed by atoms with Gasteiger partial charge < -0.3 is 25.4 Å². The van der Waals surface area contributed by atoms with Crippen molar-refractivity contribution >= 4 is 17.9 Å². The molecule has 0 bridgehead atoms. The number of ether oxygens (including phenoxy) is 1. The number of nitrogens with one attached hydrogen (secondary N) is 2. The summed E-state index contributed by atoms with van der Waals surface area (Å²) in [7, 11) is 0. The van der Waals surface area contributed by atoms with Crippen LogP contribution in [0.2, 0.25) is 0 Å². The lowest BCUT2D eigenvalue weighted by molar-refractivity contribution is -0.148. The van der Waals surface area contributed by atoms with Gasteiger partial charge in [0.25, 0.3) is 0 Å². The lowest BCUT2D eigenvalue weighted by Crippen LogP contribution is -2.58. The summed E-state index contributed by atoms with van der Waals surface area (Å²) in [5.74, 6) is -0.823. The summed E-state index contributed by atoms with van der Waals surface area (Å²) in [4.78, 5) is 41.5. The van der Waals surface area contributed by atoms with E-state index in [1.54, 1.807) is 37.8 Å².